The van der Waals surface area contributed by atoms with E-state index in [2.05, 4.69) is 34.9 Å². The average Bonchev–Trinajstić information content (AvgIpc) is 3.45. The van der Waals surface area contributed by atoms with Crippen molar-refractivity contribution < 1.29 is 9.59 Å². The number of piperazine rings is 1. The summed E-state index contributed by atoms with van der Waals surface area (Å²) in [4.78, 5) is 35.0. The summed E-state index contributed by atoms with van der Waals surface area (Å²) in [6.45, 7) is 7.88. The van der Waals surface area contributed by atoms with Crippen molar-refractivity contribution >= 4 is 39.1 Å². The third kappa shape index (κ3) is 4.68. The zero-order chi connectivity index (χ0) is 24.7. The van der Waals surface area contributed by atoms with Gasteiger partial charge in [0.1, 0.15) is 0 Å². The van der Waals surface area contributed by atoms with Crippen LogP contribution in [0.25, 0.3) is 16.4 Å². The summed E-state index contributed by atoms with van der Waals surface area (Å²) in [6.07, 6.45) is 4.83. The Morgan fingerprint density at radius 3 is 2.51 bits per heavy atom. The molecule has 5 rings (SSSR count). The maximum absolute atomic E-state index is 13.6. The molecule has 3 heterocycles. The monoisotopic (exact) mass is 555 g/mol. The van der Waals surface area contributed by atoms with Gasteiger partial charge in [0.25, 0.3) is 5.91 Å². The van der Waals surface area contributed by atoms with Crippen LogP contribution in [0.2, 0.25) is 0 Å². The topological polar surface area (TPSA) is 71.3 Å². The van der Waals surface area contributed by atoms with Crippen molar-refractivity contribution in [2.75, 3.05) is 19.6 Å². The lowest BCUT2D eigenvalue weighted by Crippen LogP contribution is -2.57. The van der Waals surface area contributed by atoms with Crippen LogP contribution in [0, 0.1) is 5.92 Å². The third-order valence-electron chi connectivity index (χ3n) is 7.05. The van der Waals surface area contributed by atoms with Crippen LogP contribution in [0.1, 0.15) is 62.0 Å². The zero-order valence-corrected chi connectivity index (χ0v) is 22.7. The van der Waals surface area contributed by atoms with Crippen molar-refractivity contribution in [1.82, 2.24) is 24.6 Å². The first kappa shape index (κ1) is 24.2. The van der Waals surface area contributed by atoms with Gasteiger partial charge in [0.05, 0.1) is 23.1 Å². The van der Waals surface area contributed by atoms with Crippen LogP contribution in [0.3, 0.4) is 0 Å². The van der Waals surface area contributed by atoms with Gasteiger partial charge >= 0.3 is 0 Å². The second kappa shape index (κ2) is 9.85. The number of halogens is 1. The Kier molecular flexibility index (Phi) is 6.81. The average molecular weight is 557 g/mol. The number of thiazole rings is 1. The molecule has 1 aliphatic carbocycles. The summed E-state index contributed by atoms with van der Waals surface area (Å²) in [5.41, 5.74) is 3.41. The largest absolute Gasteiger partial charge is 0.336 e. The molecule has 1 atom stereocenters. The minimum Gasteiger partial charge on any atom is -0.336 e. The van der Waals surface area contributed by atoms with Gasteiger partial charge in [0, 0.05) is 47.0 Å². The summed E-state index contributed by atoms with van der Waals surface area (Å²) < 4.78 is 2.83. The van der Waals surface area contributed by atoms with Gasteiger partial charge in [-0.2, -0.15) is 5.10 Å². The maximum Gasteiger partial charge on any atom is 0.257 e. The molecule has 1 saturated carbocycles. The molecule has 0 bridgehead atoms. The van der Waals surface area contributed by atoms with Gasteiger partial charge in [0.2, 0.25) is 11.0 Å². The molecule has 7 nitrogen and oxygen atoms in total. The molecule has 184 valence electrons. The summed E-state index contributed by atoms with van der Waals surface area (Å²) in [5.74, 6) is 0.519. The van der Waals surface area contributed by atoms with Gasteiger partial charge in [0.15, 0.2) is 0 Å². The normalized spacial score (nSPS) is 18.7. The number of amides is 2. The first-order valence-electron chi connectivity index (χ1n) is 12.2. The van der Waals surface area contributed by atoms with Crippen LogP contribution < -0.4 is 0 Å². The molecular formula is C26H30BrN5O2S. The van der Waals surface area contributed by atoms with Crippen molar-refractivity contribution in [2.45, 2.75) is 52.0 Å². The van der Waals surface area contributed by atoms with E-state index in [4.69, 9.17) is 4.98 Å². The Morgan fingerprint density at radius 1 is 1.14 bits per heavy atom. The van der Waals surface area contributed by atoms with Crippen LogP contribution in [-0.2, 0) is 4.79 Å². The standard InChI is InChI=1S/C26H30BrN5O2S/c1-16(2)23-21(25(34)30-11-12-31(17(3)14-30)24(33)19-5-4-6-19)13-28-32(23)26-29-22(15-35-26)18-7-9-20(27)10-8-18/h7-10,13,15-17,19H,4-6,11-12,14H2,1-3H3. The van der Waals surface area contributed by atoms with Gasteiger partial charge in [-0.05, 0) is 37.8 Å². The third-order valence-corrected chi connectivity index (χ3v) is 8.39. The Labute approximate surface area is 218 Å². The van der Waals surface area contributed by atoms with E-state index in [1.807, 2.05) is 51.1 Å². The summed E-state index contributed by atoms with van der Waals surface area (Å²) in [5, 5.41) is 7.36. The minimum absolute atomic E-state index is 0.0192. The molecule has 2 amide bonds. The van der Waals surface area contributed by atoms with Crippen molar-refractivity contribution in [3.05, 3.63) is 51.6 Å². The number of carbonyl (C=O) groups excluding carboxylic acids is 2. The van der Waals surface area contributed by atoms with Crippen LogP contribution >= 0.6 is 27.3 Å². The smallest absolute Gasteiger partial charge is 0.257 e. The Hall–Kier alpha value is -2.52. The van der Waals surface area contributed by atoms with E-state index >= 15 is 0 Å². The molecular weight excluding hydrogens is 526 g/mol. The van der Waals surface area contributed by atoms with Crippen molar-refractivity contribution in [3.63, 3.8) is 0 Å². The summed E-state index contributed by atoms with van der Waals surface area (Å²) in [6, 6.07) is 8.07. The second-order valence-electron chi connectivity index (χ2n) is 9.79. The number of nitrogens with zero attached hydrogens (tertiary/aromatic N) is 5. The van der Waals surface area contributed by atoms with Crippen LogP contribution in [0.5, 0.6) is 0 Å². The minimum atomic E-state index is -0.0211. The fourth-order valence-electron chi connectivity index (χ4n) is 4.88. The number of hydrogen-bond acceptors (Lipinski definition) is 5. The van der Waals surface area contributed by atoms with E-state index in [1.54, 1.807) is 6.20 Å². The molecule has 1 saturated heterocycles. The Balaban J connectivity index is 1.36. The highest BCUT2D eigenvalue weighted by molar-refractivity contribution is 9.10. The van der Waals surface area contributed by atoms with Crippen molar-refractivity contribution in [3.8, 4) is 16.4 Å². The lowest BCUT2D eigenvalue weighted by molar-refractivity contribution is -0.142. The molecule has 3 aromatic rings. The fraction of sp³-hybridized carbons (Fsp3) is 0.462. The summed E-state index contributed by atoms with van der Waals surface area (Å²) in [7, 11) is 0. The molecule has 1 aliphatic heterocycles. The first-order valence-corrected chi connectivity index (χ1v) is 13.9. The molecule has 2 aromatic heterocycles. The molecule has 2 fully saturated rings. The molecule has 1 aromatic carbocycles. The van der Waals surface area contributed by atoms with E-state index in [-0.39, 0.29) is 29.7 Å². The number of benzene rings is 1. The molecule has 0 N–H and O–H groups in total. The zero-order valence-electron chi connectivity index (χ0n) is 20.3. The number of rotatable bonds is 5. The van der Waals surface area contributed by atoms with E-state index in [0.717, 1.165) is 45.8 Å². The fourth-order valence-corrected chi connectivity index (χ4v) is 5.94. The molecule has 1 unspecified atom stereocenters. The SMILES string of the molecule is CC(C)c1c(C(=O)N2CCN(C(=O)C3CCC3)C(C)C2)cnn1-c1nc(-c2ccc(Br)cc2)cs1. The van der Waals surface area contributed by atoms with Gasteiger partial charge < -0.3 is 9.80 Å². The predicted octanol–water partition coefficient (Wildman–Crippen LogP) is 5.35. The van der Waals surface area contributed by atoms with Crippen LogP contribution in [-0.4, -0.2) is 62.1 Å². The maximum atomic E-state index is 13.6. The van der Waals surface area contributed by atoms with Gasteiger partial charge in [-0.25, -0.2) is 9.67 Å². The molecule has 0 radical (unpaired) electrons. The predicted molar refractivity (Wildman–Crippen MR) is 141 cm³/mol. The highest BCUT2D eigenvalue weighted by Gasteiger charge is 2.36. The van der Waals surface area contributed by atoms with Gasteiger partial charge in [-0.1, -0.05) is 48.3 Å². The van der Waals surface area contributed by atoms with E-state index in [0.29, 0.717) is 25.2 Å². The molecule has 2 aliphatic rings. The number of aromatic nitrogens is 3. The lowest BCUT2D eigenvalue weighted by atomic mass is 9.84. The van der Waals surface area contributed by atoms with Crippen molar-refractivity contribution in [1.29, 1.82) is 0 Å². The van der Waals surface area contributed by atoms with E-state index in [9.17, 15) is 9.59 Å². The second-order valence-corrected chi connectivity index (χ2v) is 11.5. The molecule has 0 spiro atoms. The Bertz CT molecular complexity index is 1230. The number of carbonyl (C=O) groups is 2. The highest BCUT2D eigenvalue weighted by Crippen LogP contribution is 2.31. The van der Waals surface area contributed by atoms with E-state index < -0.39 is 0 Å². The van der Waals surface area contributed by atoms with Crippen molar-refractivity contribution in [2.24, 2.45) is 5.92 Å². The van der Waals surface area contributed by atoms with Crippen LogP contribution in [0.15, 0.2) is 40.3 Å². The highest BCUT2D eigenvalue weighted by atomic mass is 79.9. The first-order chi connectivity index (χ1) is 16.8. The van der Waals surface area contributed by atoms with Gasteiger partial charge in [-0.15, -0.1) is 11.3 Å². The van der Waals surface area contributed by atoms with Gasteiger partial charge in [-0.3, -0.25) is 9.59 Å². The molecule has 9 heteroatoms. The molecule has 35 heavy (non-hydrogen) atoms. The van der Waals surface area contributed by atoms with E-state index in [1.165, 1.54) is 11.3 Å². The quantitative estimate of drug-likeness (QED) is 0.425. The lowest BCUT2D eigenvalue weighted by Gasteiger charge is -2.42. The Morgan fingerprint density at radius 2 is 1.89 bits per heavy atom. The summed E-state index contributed by atoms with van der Waals surface area (Å²) >= 11 is 4.99. The number of hydrogen-bond donors (Lipinski definition) is 0. The van der Waals surface area contributed by atoms with Crippen LogP contribution in [0.4, 0.5) is 0 Å².